The molecule has 1 aliphatic heterocycles. The number of hydrogen-bond acceptors (Lipinski definition) is 3. The first-order valence-corrected chi connectivity index (χ1v) is 8.38. The molecule has 1 amide bonds. The van der Waals surface area contributed by atoms with Crippen LogP contribution in [0.25, 0.3) is 0 Å². The number of hydrogen-bond donors (Lipinski definition) is 0. The summed E-state index contributed by atoms with van der Waals surface area (Å²) in [6.45, 7) is 4.96. The first-order chi connectivity index (χ1) is 8.79. The number of nitrogens with zero attached hydrogens (tertiary/aromatic N) is 2. The monoisotopic (exact) mass is 330 g/mol. The minimum atomic E-state index is 0.276. The summed E-state index contributed by atoms with van der Waals surface area (Å²) in [5.41, 5.74) is 0. The van der Waals surface area contributed by atoms with E-state index < -0.39 is 0 Å². The van der Waals surface area contributed by atoms with Crippen LogP contribution < -0.4 is 0 Å². The summed E-state index contributed by atoms with van der Waals surface area (Å²) < 4.78 is 0. The number of carbonyl (C=O) groups excluding carboxylic acids is 1. The molecule has 2 heterocycles. The first kappa shape index (κ1) is 14.0. The van der Waals surface area contributed by atoms with Crippen molar-refractivity contribution in [3.8, 4) is 0 Å². The van der Waals surface area contributed by atoms with Gasteiger partial charge in [-0.05, 0) is 24.4 Å². The van der Waals surface area contributed by atoms with Crippen LogP contribution >= 0.6 is 27.3 Å². The molecule has 1 fully saturated rings. The van der Waals surface area contributed by atoms with E-state index in [1.54, 1.807) is 11.3 Å². The third-order valence-corrected chi connectivity index (χ3v) is 4.48. The van der Waals surface area contributed by atoms with Crippen LogP contribution in [0.5, 0.6) is 0 Å². The Morgan fingerprint density at radius 3 is 2.94 bits per heavy atom. The molecule has 1 saturated heterocycles. The van der Waals surface area contributed by atoms with Gasteiger partial charge in [0.15, 0.2) is 0 Å². The van der Waals surface area contributed by atoms with E-state index in [2.05, 4.69) is 20.8 Å². The quantitative estimate of drug-likeness (QED) is 0.790. The van der Waals surface area contributed by atoms with E-state index in [9.17, 15) is 4.79 Å². The van der Waals surface area contributed by atoms with Crippen LogP contribution in [-0.4, -0.2) is 53.8 Å². The molecule has 5 heteroatoms. The van der Waals surface area contributed by atoms with E-state index >= 15 is 0 Å². The van der Waals surface area contributed by atoms with Crippen LogP contribution in [0, 0.1) is 0 Å². The predicted octanol–water partition coefficient (Wildman–Crippen LogP) is 2.22. The van der Waals surface area contributed by atoms with Gasteiger partial charge in [0.2, 0.25) is 5.91 Å². The molecule has 0 bridgehead atoms. The maximum Gasteiger partial charge on any atom is 0.227 e. The van der Waals surface area contributed by atoms with Gasteiger partial charge >= 0.3 is 0 Å². The normalized spacial score (nSPS) is 17.7. The molecule has 0 saturated carbocycles. The van der Waals surface area contributed by atoms with Crippen LogP contribution in [0.1, 0.15) is 11.3 Å². The van der Waals surface area contributed by atoms with E-state index in [0.717, 1.165) is 44.5 Å². The molecular weight excluding hydrogens is 312 g/mol. The molecule has 0 unspecified atom stereocenters. The van der Waals surface area contributed by atoms with Gasteiger partial charge in [-0.15, -0.1) is 11.3 Å². The Kier molecular flexibility index (Phi) is 5.66. The van der Waals surface area contributed by atoms with Gasteiger partial charge in [0, 0.05) is 36.4 Å². The van der Waals surface area contributed by atoms with Crippen molar-refractivity contribution in [3.63, 3.8) is 0 Å². The fourth-order valence-electron chi connectivity index (χ4n) is 2.24. The summed E-state index contributed by atoms with van der Waals surface area (Å²) in [6, 6.07) is 4.05. The molecule has 0 atom stereocenters. The molecule has 0 spiro atoms. The zero-order valence-electron chi connectivity index (χ0n) is 10.5. The Morgan fingerprint density at radius 1 is 1.33 bits per heavy atom. The Bertz CT molecular complexity index is 369. The molecule has 100 valence electrons. The van der Waals surface area contributed by atoms with Crippen molar-refractivity contribution in [3.05, 3.63) is 22.4 Å². The summed E-state index contributed by atoms with van der Waals surface area (Å²) in [4.78, 5) is 17.8. The lowest BCUT2D eigenvalue weighted by Crippen LogP contribution is -2.36. The summed E-state index contributed by atoms with van der Waals surface area (Å²) in [5.74, 6) is 0.276. The Hall–Kier alpha value is -0.390. The number of halogens is 1. The standard InChI is InChI=1S/C13H19BrN2OS/c14-4-7-15-5-2-6-16(9-8-15)13(17)11-12-3-1-10-18-12/h1,3,10H,2,4-9,11H2. The largest absolute Gasteiger partial charge is 0.341 e. The topological polar surface area (TPSA) is 23.6 Å². The van der Waals surface area contributed by atoms with Gasteiger partial charge in [-0.2, -0.15) is 0 Å². The Balaban J connectivity index is 1.83. The second kappa shape index (κ2) is 7.26. The van der Waals surface area contributed by atoms with Crippen molar-refractivity contribution in [2.45, 2.75) is 12.8 Å². The molecule has 0 radical (unpaired) electrons. The minimum Gasteiger partial charge on any atom is -0.341 e. The molecule has 1 aromatic rings. The number of alkyl halides is 1. The van der Waals surface area contributed by atoms with Gasteiger partial charge in [-0.3, -0.25) is 4.79 Å². The van der Waals surface area contributed by atoms with Crippen LogP contribution in [0.4, 0.5) is 0 Å². The van der Waals surface area contributed by atoms with Crippen molar-refractivity contribution in [2.24, 2.45) is 0 Å². The lowest BCUT2D eigenvalue weighted by Gasteiger charge is -2.21. The van der Waals surface area contributed by atoms with E-state index in [0.29, 0.717) is 6.42 Å². The third kappa shape index (κ3) is 4.07. The number of carbonyl (C=O) groups is 1. The number of thiophene rings is 1. The van der Waals surface area contributed by atoms with Crippen molar-refractivity contribution < 1.29 is 4.79 Å². The third-order valence-electron chi connectivity index (χ3n) is 3.25. The average Bonchev–Trinajstić information content (AvgIpc) is 2.74. The van der Waals surface area contributed by atoms with Gasteiger partial charge < -0.3 is 9.80 Å². The molecule has 3 nitrogen and oxygen atoms in total. The first-order valence-electron chi connectivity index (χ1n) is 6.38. The molecule has 18 heavy (non-hydrogen) atoms. The van der Waals surface area contributed by atoms with Crippen molar-refractivity contribution >= 4 is 33.2 Å². The highest BCUT2D eigenvalue weighted by Crippen LogP contribution is 2.12. The zero-order valence-corrected chi connectivity index (χ0v) is 12.9. The van der Waals surface area contributed by atoms with E-state index in [1.165, 1.54) is 4.88 Å². The lowest BCUT2D eigenvalue weighted by molar-refractivity contribution is -0.130. The van der Waals surface area contributed by atoms with Gasteiger partial charge in [0.05, 0.1) is 6.42 Å². The second-order valence-electron chi connectivity index (χ2n) is 4.52. The number of amides is 1. The van der Waals surface area contributed by atoms with Gasteiger partial charge in [0.1, 0.15) is 0 Å². The van der Waals surface area contributed by atoms with E-state index in [4.69, 9.17) is 0 Å². The van der Waals surface area contributed by atoms with Crippen molar-refractivity contribution in [2.75, 3.05) is 38.1 Å². The highest BCUT2D eigenvalue weighted by molar-refractivity contribution is 9.09. The van der Waals surface area contributed by atoms with Crippen LogP contribution in [0.3, 0.4) is 0 Å². The molecule has 0 aromatic carbocycles. The summed E-state index contributed by atoms with van der Waals surface area (Å²) >= 11 is 5.14. The SMILES string of the molecule is O=C(Cc1cccs1)N1CCCN(CCBr)CC1. The van der Waals surface area contributed by atoms with Gasteiger partial charge in [-0.1, -0.05) is 22.0 Å². The van der Waals surface area contributed by atoms with Crippen molar-refractivity contribution in [1.82, 2.24) is 9.80 Å². The Labute approximate surface area is 121 Å². The summed E-state index contributed by atoms with van der Waals surface area (Å²) in [7, 11) is 0. The maximum absolute atomic E-state index is 12.2. The molecule has 0 N–H and O–H groups in total. The van der Waals surface area contributed by atoms with Crippen LogP contribution in [-0.2, 0) is 11.2 Å². The van der Waals surface area contributed by atoms with Gasteiger partial charge in [0.25, 0.3) is 0 Å². The molecule has 1 aromatic heterocycles. The summed E-state index contributed by atoms with van der Waals surface area (Å²) in [6.07, 6.45) is 1.65. The molecule has 0 aliphatic carbocycles. The molecule has 1 aliphatic rings. The lowest BCUT2D eigenvalue weighted by atomic mass is 10.3. The molecule has 2 rings (SSSR count). The fraction of sp³-hybridized carbons (Fsp3) is 0.615. The molecular formula is C13H19BrN2OS. The maximum atomic E-state index is 12.2. The fourth-order valence-corrected chi connectivity index (χ4v) is 3.43. The van der Waals surface area contributed by atoms with Gasteiger partial charge in [-0.25, -0.2) is 0 Å². The predicted molar refractivity (Wildman–Crippen MR) is 79.5 cm³/mol. The van der Waals surface area contributed by atoms with Crippen LogP contribution in [0.15, 0.2) is 17.5 Å². The number of rotatable bonds is 4. The smallest absolute Gasteiger partial charge is 0.227 e. The Morgan fingerprint density at radius 2 is 2.22 bits per heavy atom. The average molecular weight is 331 g/mol. The highest BCUT2D eigenvalue weighted by atomic mass is 79.9. The van der Waals surface area contributed by atoms with E-state index in [1.807, 2.05) is 22.4 Å². The summed E-state index contributed by atoms with van der Waals surface area (Å²) in [5, 5.41) is 3.04. The van der Waals surface area contributed by atoms with E-state index in [-0.39, 0.29) is 5.91 Å². The second-order valence-corrected chi connectivity index (χ2v) is 6.35. The van der Waals surface area contributed by atoms with Crippen LogP contribution in [0.2, 0.25) is 0 Å². The zero-order chi connectivity index (χ0) is 12.8. The van der Waals surface area contributed by atoms with Crippen molar-refractivity contribution in [1.29, 1.82) is 0 Å². The minimum absolute atomic E-state index is 0.276. The highest BCUT2D eigenvalue weighted by Gasteiger charge is 2.18.